The largest absolute Gasteiger partial charge is 0.330 e. The van der Waals surface area contributed by atoms with Gasteiger partial charge < -0.3 is 5.73 Å². The third-order valence-corrected chi connectivity index (χ3v) is 3.76. The van der Waals surface area contributed by atoms with E-state index in [1.54, 1.807) is 11.3 Å². The van der Waals surface area contributed by atoms with Gasteiger partial charge in [0.15, 0.2) is 0 Å². The molecule has 0 aromatic carbocycles. The number of thiophene rings is 1. The van der Waals surface area contributed by atoms with Crippen molar-refractivity contribution >= 4 is 27.3 Å². The molecular weight excluding hydrogens is 222 g/mol. The Morgan fingerprint density at radius 3 is 3.00 bits per heavy atom. The number of hydrogen-bond acceptors (Lipinski definition) is 2. The number of nitrogens with two attached hydrogens (primary N) is 1. The van der Waals surface area contributed by atoms with E-state index in [9.17, 15) is 0 Å². The summed E-state index contributed by atoms with van der Waals surface area (Å²) < 4.78 is 1.23. The highest BCUT2D eigenvalue weighted by atomic mass is 79.9. The fourth-order valence-corrected chi connectivity index (χ4v) is 2.67. The minimum absolute atomic E-state index is 0.761. The second kappa shape index (κ2) is 2.88. The van der Waals surface area contributed by atoms with Gasteiger partial charge >= 0.3 is 0 Å². The van der Waals surface area contributed by atoms with Crippen LogP contribution in [0, 0.1) is 5.92 Å². The molecule has 1 aliphatic carbocycles. The molecule has 0 aliphatic heterocycles. The molecule has 2 rings (SSSR count). The predicted molar refractivity (Wildman–Crippen MR) is 51.9 cm³/mol. The monoisotopic (exact) mass is 231 g/mol. The van der Waals surface area contributed by atoms with Crippen molar-refractivity contribution in [3.63, 3.8) is 0 Å². The molecule has 1 fully saturated rings. The molecular formula is C8H10BrNS. The lowest BCUT2D eigenvalue weighted by molar-refractivity contribution is 0.811. The molecule has 1 aromatic heterocycles. The summed E-state index contributed by atoms with van der Waals surface area (Å²) in [4.78, 5) is 0. The van der Waals surface area contributed by atoms with Crippen LogP contribution < -0.4 is 5.73 Å². The van der Waals surface area contributed by atoms with Crippen molar-refractivity contribution in [2.24, 2.45) is 11.7 Å². The van der Waals surface area contributed by atoms with E-state index in [0.717, 1.165) is 18.4 Å². The smallest absolute Gasteiger partial charge is 0.0701 e. The summed E-state index contributed by atoms with van der Waals surface area (Å²) in [5, 5.41) is 2.23. The lowest BCUT2D eigenvalue weighted by atomic mass is 10.2. The van der Waals surface area contributed by atoms with E-state index in [4.69, 9.17) is 5.73 Å². The van der Waals surface area contributed by atoms with Crippen molar-refractivity contribution in [3.05, 3.63) is 20.8 Å². The maximum Gasteiger partial charge on any atom is 0.0701 e. The van der Waals surface area contributed by atoms with E-state index in [0.29, 0.717) is 0 Å². The van der Waals surface area contributed by atoms with Crippen LogP contribution in [0.2, 0.25) is 0 Å². The van der Waals surface area contributed by atoms with Crippen LogP contribution >= 0.6 is 27.3 Å². The van der Waals surface area contributed by atoms with Gasteiger partial charge in [-0.15, -0.1) is 11.3 Å². The van der Waals surface area contributed by atoms with Crippen LogP contribution in [0.5, 0.6) is 0 Å². The Morgan fingerprint density at radius 2 is 2.55 bits per heavy atom. The molecule has 1 aromatic rings. The first-order valence-corrected chi connectivity index (χ1v) is 5.42. The molecule has 0 unspecified atom stereocenters. The minimum Gasteiger partial charge on any atom is -0.330 e. The van der Waals surface area contributed by atoms with Crippen LogP contribution in [-0.4, -0.2) is 6.54 Å². The molecule has 60 valence electrons. The van der Waals surface area contributed by atoms with Crippen molar-refractivity contribution < 1.29 is 0 Å². The van der Waals surface area contributed by atoms with Gasteiger partial charge in [-0.05, 0) is 57.7 Å². The highest BCUT2D eigenvalue weighted by Gasteiger charge is 2.37. The van der Waals surface area contributed by atoms with E-state index in [1.807, 2.05) is 0 Å². The van der Waals surface area contributed by atoms with Crippen molar-refractivity contribution in [3.8, 4) is 0 Å². The molecule has 0 spiro atoms. The molecule has 3 heteroatoms. The molecule has 0 bridgehead atoms. The van der Waals surface area contributed by atoms with Crippen molar-refractivity contribution in [1.29, 1.82) is 0 Å². The second-order valence-electron chi connectivity index (χ2n) is 3.02. The Hall–Kier alpha value is 0.140. The van der Waals surface area contributed by atoms with E-state index < -0.39 is 0 Å². The normalized spacial score (nSPS) is 28.9. The molecule has 2 N–H and O–H groups in total. The van der Waals surface area contributed by atoms with Gasteiger partial charge in [0.2, 0.25) is 0 Å². The van der Waals surface area contributed by atoms with Gasteiger partial charge in [-0.1, -0.05) is 0 Å². The van der Waals surface area contributed by atoms with Crippen molar-refractivity contribution in [1.82, 2.24) is 0 Å². The van der Waals surface area contributed by atoms with Gasteiger partial charge in [-0.25, -0.2) is 0 Å². The first-order valence-electron chi connectivity index (χ1n) is 3.75. The topological polar surface area (TPSA) is 26.0 Å². The molecule has 11 heavy (non-hydrogen) atoms. The summed E-state index contributed by atoms with van der Waals surface area (Å²) in [5.74, 6) is 1.53. The zero-order valence-electron chi connectivity index (χ0n) is 6.09. The van der Waals surface area contributed by atoms with Crippen molar-refractivity contribution in [2.75, 3.05) is 6.54 Å². The number of hydrogen-bond donors (Lipinski definition) is 1. The number of rotatable bonds is 2. The van der Waals surface area contributed by atoms with Gasteiger partial charge in [0.1, 0.15) is 0 Å². The zero-order valence-corrected chi connectivity index (χ0v) is 8.49. The van der Waals surface area contributed by atoms with Gasteiger partial charge in [0.05, 0.1) is 3.79 Å². The van der Waals surface area contributed by atoms with E-state index >= 15 is 0 Å². The van der Waals surface area contributed by atoms with Crippen molar-refractivity contribution in [2.45, 2.75) is 12.3 Å². The molecule has 1 nitrogen and oxygen atoms in total. The van der Waals surface area contributed by atoms with Crippen LogP contribution in [0.4, 0.5) is 0 Å². The van der Waals surface area contributed by atoms with Gasteiger partial charge in [0, 0.05) is 0 Å². The van der Waals surface area contributed by atoms with Crippen LogP contribution in [0.1, 0.15) is 17.9 Å². The Kier molecular flexibility index (Phi) is 2.04. The summed E-state index contributed by atoms with van der Waals surface area (Å²) in [7, 11) is 0. The standard InChI is InChI=1S/C8H10BrNS/c9-8-2-6(4-11-8)7-1-5(7)3-10/h2,4-5,7H,1,3,10H2/t5-,7+/m0/s1. The van der Waals surface area contributed by atoms with Crippen LogP contribution in [0.3, 0.4) is 0 Å². The zero-order chi connectivity index (χ0) is 7.84. The molecule has 1 heterocycles. The SMILES string of the molecule is NC[C@@H]1C[C@H]1c1csc(Br)c1. The Labute approximate surface area is 78.7 Å². The Balaban J connectivity index is 2.08. The molecule has 0 amide bonds. The Morgan fingerprint density at radius 1 is 1.73 bits per heavy atom. The summed E-state index contributed by atoms with van der Waals surface area (Å²) in [6.45, 7) is 0.845. The second-order valence-corrected chi connectivity index (χ2v) is 5.31. The first kappa shape index (κ1) is 7.77. The molecule has 0 radical (unpaired) electrons. The predicted octanol–water partition coefficient (Wildman–Crippen LogP) is 2.57. The highest BCUT2D eigenvalue weighted by molar-refractivity contribution is 9.11. The summed E-state index contributed by atoms with van der Waals surface area (Å²) in [6, 6.07) is 2.21. The third-order valence-electron chi connectivity index (χ3n) is 2.24. The fourth-order valence-electron chi connectivity index (χ4n) is 1.43. The summed E-state index contributed by atoms with van der Waals surface area (Å²) >= 11 is 5.22. The number of halogens is 1. The third kappa shape index (κ3) is 1.50. The van der Waals surface area contributed by atoms with Crippen LogP contribution in [0.15, 0.2) is 15.2 Å². The van der Waals surface area contributed by atoms with Gasteiger partial charge in [-0.2, -0.15) is 0 Å². The molecule has 2 atom stereocenters. The van der Waals surface area contributed by atoms with Crippen LogP contribution in [-0.2, 0) is 0 Å². The molecule has 1 saturated carbocycles. The maximum atomic E-state index is 5.56. The lowest BCUT2D eigenvalue weighted by Gasteiger charge is -1.90. The van der Waals surface area contributed by atoms with Gasteiger partial charge in [0.25, 0.3) is 0 Å². The lowest BCUT2D eigenvalue weighted by Crippen LogP contribution is -2.01. The fraction of sp³-hybridized carbons (Fsp3) is 0.500. The van der Waals surface area contributed by atoms with Crippen LogP contribution in [0.25, 0.3) is 0 Å². The average molecular weight is 232 g/mol. The quantitative estimate of drug-likeness (QED) is 0.833. The van der Waals surface area contributed by atoms with E-state index in [-0.39, 0.29) is 0 Å². The Bertz CT molecular complexity index is 258. The minimum atomic E-state index is 0.761. The summed E-state index contributed by atoms with van der Waals surface area (Å²) in [5.41, 5.74) is 7.03. The summed E-state index contributed by atoms with van der Waals surface area (Å²) in [6.07, 6.45) is 1.29. The molecule has 1 aliphatic rings. The maximum absolute atomic E-state index is 5.56. The first-order chi connectivity index (χ1) is 5.31. The van der Waals surface area contributed by atoms with Gasteiger partial charge in [-0.3, -0.25) is 0 Å². The van der Waals surface area contributed by atoms with E-state index in [1.165, 1.54) is 15.8 Å². The average Bonchev–Trinajstić information content (AvgIpc) is 2.68. The highest BCUT2D eigenvalue weighted by Crippen LogP contribution is 2.48. The molecule has 0 saturated heterocycles. The van der Waals surface area contributed by atoms with E-state index in [2.05, 4.69) is 27.4 Å².